The molecular formula is C17H26N2O2. The van der Waals surface area contributed by atoms with Gasteiger partial charge in [-0.05, 0) is 57.1 Å². The van der Waals surface area contributed by atoms with Gasteiger partial charge < -0.3 is 14.8 Å². The highest BCUT2D eigenvalue weighted by molar-refractivity contribution is 5.40. The van der Waals surface area contributed by atoms with Crippen LogP contribution >= 0.6 is 0 Å². The Balaban J connectivity index is 1.44. The number of hydrogen-bond acceptors (Lipinski definition) is 4. The fourth-order valence-electron chi connectivity index (χ4n) is 3.16. The molecule has 0 aliphatic carbocycles. The zero-order valence-electron chi connectivity index (χ0n) is 12.9. The standard InChI is InChI=1S/C17H26N2O2/c1-2-18-11-14-7-9-19(10-8-14)12-15-13-20-16-5-3-4-6-17(16)21-15/h3-6,14-15,18H,2,7-13H2,1H3. The number of hydrogen-bond donors (Lipinski definition) is 1. The van der Waals surface area contributed by atoms with E-state index in [4.69, 9.17) is 9.47 Å². The topological polar surface area (TPSA) is 33.7 Å². The normalized spacial score (nSPS) is 23.2. The van der Waals surface area contributed by atoms with Crippen LogP contribution in [0.5, 0.6) is 11.5 Å². The maximum atomic E-state index is 6.05. The van der Waals surface area contributed by atoms with Crippen LogP contribution in [0.3, 0.4) is 0 Å². The van der Waals surface area contributed by atoms with Crippen molar-refractivity contribution in [1.82, 2.24) is 10.2 Å². The molecule has 0 aromatic heterocycles. The molecule has 1 saturated heterocycles. The third kappa shape index (κ3) is 3.89. The Hall–Kier alpha value is -1.26. The largest absolute Gasteiger partial charge is 0.486 e. The zero-order valence-corrected chi connectivity index (χ0v) is 12.9. The fraction of sp³-hybridized carbons (Fsp3) is 0.647. The minimum atomic E-state index is 0.158. The molecule has 1 unspecified atom stereocenters. The van der Waals surface area contributed by atoms with Gasteiger partial charge in [0.1, 0.15) is 12.7 Å². The van der Waals surface area contributed by atoms with Crippen LogP contribution in [0.1, 0.15) is 19.8 Å². The van der Waals surface area contributed by atoms with Crippen LogP contribution < -0.4 is 14.8 Å². The van der Waals surface area contributed by atoms with E-state index in [1.165, 1.54) is 32.5 Å². The molecule has 0 spiro atoms. The number of benzene rings is 1. The van der Waals surface area contributed by atoms with Gasteiger partial charge in [-0.25, -0.2) is 0 Å². The Morgan fingerprint density at radius 1 is 1.19 bits per heavy atom. The van der Waals surface area contributed by atoms with Crippen molar-refractivity contribution in [2.45, 2.75) is 25.9 Å². The second-order valence-electron chi connectivity index (χ2n) is 6.05. The molecule has 1 N–H and O–H groups in total. The summed E-state index contributed by atoms with van der Waals surface area (Å²) in [5.41, 5.74) is 0. The van der Waals surface area contributed by atoms with Crippen molar-refractivity contribution in [1.29, 1.82) is 0 Å². The lowest BCUT2D eigenvalue weighted by atomic mass is 9.96. The quantitative estimate of drug-likeness (QED) is 0.901. The summed E-state index contributed by atoms with van der Waals surface area (Å²) in [6.07, 6.45) is 2.74. The van der Waals surface area contributed by atoms with Crippen molar-refractivity contribution >= 4 is 0 Å². The van der Waals surface area contributed by atoms with E-state index in [-0.39, 0.29) is 6.10 Å². The average Bonchev–Trinajstić information content (AvgIpc) is 2.54. The van der Waals surface area contributed by atoms with E-state index in [2.05, 4.69) is 17.1 Å². The molecule has 2 heterocycles. The van der Waals surface area contributed by atoms with E-state index in [1.54, 1.807) is 0 Å². The molecule has 116 valence electrons. The highest BCUT2D eigenvalue weighted by Crippen LogP contribution is 2.31. The third-order valence-electron chi connectivity index (χ3n) is 4.42. The van der Waals surface area contributed by atoms with Gasteiger partial charge >= 0.3 is 0 Å². The predicted octanol–water partition coefficient (Wildman–Crippen LogP) is 2.15. The van der Waals surface area contributed by atoms with E-state index >= 15 is 0 Å². The van der Waals surface area contributed by atoms with Crippen LogP contribution in [0.25, 0.3) is 0 Å². The van der Waals surface area contributed by atoms with Gasteiger partial charge in [0.25, 0.3) is 0 Å². The lowest BCUT2D eigenvalue weighted by Gasteiger charge is -2.35. The van der Waals surface area contributed by atoms with Crippen molar-refractivity contribution in [2.75, 3.05) is 39.3 Å². The summed E-state index contributed by atoms with van der Waals surface area (Å²) in [6, 6.07) is 7.94. The van der Waals surface area contributed by atoms with Gasteiger partial charge in [0.15, 0.2) is 11.5 Å². The minimum Gasteiger partial charge on any atom is -0.486 e. The van der Waals surface area contributed by atoms with Crippen LogP contribution in [0.2, 0.25) is 0 Å². The molecular weight excluding hydrogens is 264 g/mol. The molecule has 0 radical (unpaired) electrons. The second-order valence-corrected chi connectivity index (χ2v) is 6.05. The lowest BCUT2D eigenvalue weighted by Crippen LogP contribution is -2.45. The van der Waals surface area contributed by atoms with Crippen LogP contribution in [0.4, 0.5) is 0 Å². The van der Waals surface area contributed by atoms with E-state index in [9.17, 15) is 0 Å². The molecule has 3 rings (SSSR count). The summed E-state index contributed by atoms with van der Waals surface area (Å²) in [5, 5.41) is 3.46. The van der Waals surface area contributed by atoms with Crippen molar-refractivity contribution in [2.24, 2.45) is 5.92 Å². The molecule has 21 heavy (non-hydrogen) atoms. The molecule has 1 aromatic carbocycles. The summed E-state index contributed by atoms with van der Waals surface area (Å²) >= 11 is 0. The zero-order chi connectivity index (χ0) is 14.5. The summed E-state index contributed by atoms with van der Waals surface area (Å²) in [6.45, 7) is 8.41. The number of nitrogens with one attached hydrogen (secondary N) is 1. The number of rotatable bonds is 5. The van der Waals surface area contributed by atoms with Crippen molar-refractivity contribution in [3.8, 4) is 11.5 Å². The molecule has 2 aliphatic heterocycles. The average molecular weight is 290 g/mol. The SMILES string of the molecule is CCNCC1CCN(CC2COc3ccccc3O2)CC1. The molecule has 4 nitrogen and oxygen atoms in total. The summed E-state index contributed by atoms with van der Waals surface area (Å²) in [4.78, 5) is 2.52. The molecule has 1 fully saturated rings. The number of fused-ring (bicyclic) bond motifs is 1. The molecule has 1 atom stereocenters. The Labute approximate surface area is 127 Å². The molecule has 0 bridgehead atoms. The first-order valence-electron chi connectivity index (χ1n) is 8.16. The molecule has 0 amide bonds. The monoisotopic (exact) mass is 290 g/mol. The second kappa shape index (κ2) is 7.14. The van der Waals surface area contributed by atoms with Crippen molar-refractivity contribution in [3.63, 3.8) is 0 Å². The van der Waals surface area contributed by atoms with Gasteiger partial charge in [0, 0.05) is 6.54 Å². The number of piperidine rings is 1. The molecule has 2 aliphatic rings. The molecule has 4 heteroatoms. The first-order chi connectivity index (χ1) is 10.3. The minimum absolute atomic E-state index is 0.158. The Bertz CT molecular complexity index is 444. The Morgan fingerprint density at radius 3 is 2.71 bits per heavy atom. The lowest BCUT2D eigenvalue weighted by molar-refractivity contribution is 0.0478. The van der Waals surface area contributed by atoms with Crippen molar-refractivity contribution in [3.05, 3.63) is 24.3 Å². The predicted molar refractivity (Wildman–Crippen MR) is 84.1 cm³/mol. The van der Waals surface area contributed by atoms with E-state index in [0.29, 0.717) is 6.61 Å². The van der Waals surface area contributed by atoms with E-state index in [1.807, 2.05) is 24.3 Å². The molecule has 0 saturated carbocycles. The smallest absolute Gasteiger partial charge is 0.161 e. The highest BCUT2D eigenvalue weighted by atomic mass is 16.6. The Kier molecular flexibility index (Phi) is 4.99. The van der Waals surface area contributed by atoms with Gasteiger partial charge in [0.2, 0.25) is 0 Å². The highest BCUT2D eigenvalue weighted by Gasteiger charge is 2.25. The number of para-hydroxylation sites is 2. The van der Waals surface area contributed by atoms with E-state index in [0.717, 1.165) is 30.5 Å². The maximum absolute atomic E-state index is 6.05. The summed E-state index contributed by atoms with van der Waals surface area (Å²) in [7, 11) is 0. The fourth-order valence-corrected chi connectivity index (χ4v) is 3.16. The third-order valence-corrected chi connectivity index (χ3v) is 4.42. The van der Waals surface area contributed by atoms with Crippen molar-refractivity contribution < 1.29 is 9.47 Å². The van der Waals surface area contributed by atoms with Gasteiger partial charge in [-0.3, -0.25) is 4.90 Å². The van der Waals surface area contributed by atoms with Crippen LogP contribution in [0, 0.1) is 5.92 Å². The summed E-state index contributed by atoms with van der Waals surface area (Å²) < 4.78 is 11.8. The first kappa shape index (κ1) is 14.7. The van der Waals surface area contributed by atoms with Gasteiger partial charge in [-0.2, -0.15) is 0 Å². The maximum Gasteiger partial charge on any atom is 0.161 e. The van der Waals surface area contributed by atoms with Crippen LogP contribution in [0.15, 0.2) is 24.3 Å². The van der Waals surface area contributed by atoms with Gasteiger partial charge in [-0.1, -0.05) is 19.1 Å². The van der Waals surface area contributed by atoms with Gasteiger partial charge in [-0.15, -0.1) is 0 Å². The summed E-state index contributed by atoms with van der Waals surface area (Å²) in [5.74, 6) is 2.60. The Morgan fingerprint density at radius 2 is 1.95 bits per heavy atom. The number of ether oxygens (including phenoxy) is 2. The number of nitrogens with zero attached hydrogens (tertiary/aromatic N) is 1. The first-order valence-corrected chi connectivity index (χ1v) is 8.16. The number of likely N-dealkylation sites (tertiary alicyclic amines) is 1. The van der Waals surface area contributed by atoms with Crippen LogP contribution in [-0.2, 0) is 0 Å². The van der Waals surface area contributed by atoms with Crippen LogP contribution in [-0.4, -0.2) is 50.3 Å². The molecule has 1 aromatic rings. The van der Waals surface area contributed by atoms with Gasteiger partial charge in [0.05, 0.1) is 0 Å². The van der Waals surface area contributed by atoms with E-state index < -0.39 is 0 Å².